The van der Waals surface area contributed by atoms with Gasteiger partial charge >= 0.3 is 0 Å². The molecule has 0 saturated carbocycles. The maximum absolute atomic E-state index is 5.68. The first kappa shape index (κ1) is 11.6. The number of anilines is 1. The molecule has 0 aliphatic rings. The van der Waals surface area contributed by atoms with Gasteiger partial charge in [-0.05, 0) is 50.7 Å². The predicted molar refractivity (Wildman–Crippen MR) is 73.4 cm³/mol. The summed E-state index contributed by atoms with van der Waals surface area (Å²) < 4.78 is 7.31. The van der Waals surface area contributed by atoms with E-state index in [1.54, 1.807) is 18.3 Å². The van der Waals surface area contributed by atoms with E-state index in [1.165, 1.54) is 6.33 Å². The van der Waals surface area contributed by atoms with Gasteiger partial charge in [0.15, 0.2) is 0 Å². The molecule has 16 heavy (non-hydrogen) atoms. The van der Waals surface area contributed by atoms with Crippen molar-refractivity contribution in [3.05, 3.63) is 38.8 Å². The summed E-state index contributed by atoms with van der Waals surface area (Å²) in [6.45, 7) is 0. The fourth-order valence-corrected chi connectivity index (χ4v) is 1.82. The van der Waals surface area contributed by atoms with Crippen LogP contribution >= 0.6 is 38.5 Å². The predicted octanol–water partition coefficient (Wildman–Crippen LogP) is 3.22. The SMILES string of the molecule is Nc1ccc(Br)c(Oc2ncncc2I)c1. The van der Waals surface area contributed by atoms with Crippen molar-refractivity contribution >= 4 is 44.2 Å². The van der Waals surface area contributed by atoms with Crippen LogP contribution in [0.2, 0.25) is 0 Å². The van der Waals surface area contributed by atoms with Crippen LogP contribution < -0.4 is 10.5 Å². The second-order valence-electron chi connectivity index (χ2n) is 2.97. The molecule has 1 aromatic heterocycles. The Morgan fingerprint density at radius 1 is 1.38 bits per heavy atom. The second kappa shape index (κ2) is 4.96. The first-order chi connectivity index (χ1) is 7.66. The number of hydrogen-bond donors (Lipinski definition) is 1. The molecule has 0 atom stereocenters. The summed E-state index contributed by atoms with van der Waals surface area (Å²) in [6, 6.07) is 5.36. The quantitative estimate of drug-likeness (QED) is 0.630. The smallest absolute Gasteiger partial charge is 0.235 e. The van der Waals surface area contributed by atoms with E-state index in [0.717, 1.165) is 8.04 Å². The standard InChI is InChI=1S/C10H7BrIN3O/c11-7-2-1-6(13)3-9(7)16-10-8(12)4-14-5-15-10/h1-5H,13H2. The molecule has 6 heteroatoms. The highest BCUT2D eigenvalue weighted by atomic mass is 127. The maximum atomic E-state index is 5.68. The van der Waals surface area contributed by atoms with Crippen LogP contribution in [0.5, 0.6) is 11.6 Å². The number of ether oxygens (including phenoxy) is 1. The molecule has 0 unspecified atom stereocenters. The normalized spacial score (nSPS) is 10.1. The Morgan fingerprint density at radius 2 is 2.19 bits per heavy atom. The lowest BCUT2D eigenvalue weighted by Crippen LogP contribution is -1.94. The average Bonchev–Trinajstić information content (AvgIpc) is 2.27. The van der Waals surface area contributed by atoms with Crippen LogP contribution in [0.25, 0.3) is 0 Å². The molecule has 1 heterocycles. The number of benzene rings is 1. The van der Waals surface area contributed by atoms with Crippen molar-refractivity contribution in [1.82, 2.24) is 9.97 Å². The molecule has 0 radical (unpaired) electrons. The molecule has 1 aromatic carbocycles. The van der Waals surface area contributed by atoms with Crippen LogP contribution in [0, 0.1) is 3.57 Å². The highest BCUT2D eigenvalue weighted by Gasteiger charge is 2.07. The third-order valence-corrected chi connectivity index (χ3v) is 3.19. The minimum absolute atomic E-state index is 0.516. The summed E-state index contributed by atoms with van der Waals surface area (Å²) in [7, 11) is 0. The fourth-order valence-electron chi connectivity index (χ4n) is 1.08. The van der Waals surface area contributed by atoms with Crippen LogP contribution in [0.15, 0.2) is 35.2 Å². The highest BCUT2D eigenvalue weighted by molar-refractivity contribution is 14.1. The van der Waals surface area contributed by atoms with E-state index >= 15 is 0 Å². The van der Waals surface area contributed by atoms with Gasteiger partial charge in [0.25, 0.3) is 0 Å². The number of nitrogen functional groups attached to an aromatic ring is 1. The van der Waals surface area contributed by atoms with E-state index in [2.05, 4.69) is 48.5 Å². The molecule has 0 saturated heterocycles. The number of nitrogens with two attached hydrogens (primary N) is 1. The zero-order chi connectivity index (χ0) is 11.5. The maximum Gasteiger partial charge on any atom is 0.235 e. The van der Waals surface area contributed by atoms with Gasteiger partial charge in [0.1, 0.15) is 12.1 Å². The first-order valence-corrected chi connectivity index (χ1v) is 6.22. The van der Waals surface area contributed by atoms with Gasteiger partial charge in [-0.2, -0.15) is 0 Å². The van der Waals surface area contributed by atoms with Crippen molar-refractivity contribution in [3.63, 3.8) is 0 Å². The van der Waals surface area contributed by atoms with Crippen molar-refractivity contribution in [2.75, 3.05) is 5.73 Å². The third kappa shape index (κ3) is 2.62. The van der Waals surface area contributed by atoms with E-state index in [4.69, 9.17) is 10.5 Å². The van der Waals surface area contributed by atoms with Crippen molar-refractivity contribution in [1.29, 1.82) is 0 Å². The van der Waals surface area contributed by atoms with Gasteiger partial charge in [0.05, 0.1) is 8.04 Å². The highest BCUT2D eigenvalue weighted by Crippen LogP contribution is 2.31. The van der Waals surface area contributed by atoms with Crippen LogP contribution in [0.3, 0.4) is 0 Å². The molecule has 2 rings (SSSR count). The van der Waals surface area contributed by atoms with Crippen LogP contribution in [0.4, 0.5) is 5.69 Å². The Labute approximate surface area is 115 Å². The molecule has 2 N–H and O–H groups in total. The molecule has 0 amide bonds. The monoisotopic (exact) mass is 391 g/mol. The minimum atomic E-state index is 0.516. The molecular weight excluding hydrogens is 385 g/mol. The van der Waals surface area contributed by atoms with E-state index in [0.29, 0.717) is 17.3 Å². The summed E-state index contributed by atoms with van der Waals surface area (Å²) in [6.07, 6.45) is 3.13. The van der Waals surface area contributed by atoms with Gasteiger partial charge in [0.2, 0.25) is 5.88 Å². The zero-order valence-electron chi connectivity index (χ0n) is 8.02. The lowest BCUT2D eigenvalue weighted by Gasteiger charge is -2.08. The van der Waals surface area contributed by atoms with Crippen LogP contribution in [-0.4, -0.2) is 9.97 Å². The topological polar surface area (TPSA) is 61.0 Å². The van der Waals surface area contributed by atoms with Gasteiger partial charge in [-0.25, -0.2) is 9.97 Å². The molecule has 0 bridgehead atoms. The van der Waals surface area contributed by atoms with Crippen molar-refractivity contribution in [2.45, 2.75) is 0 Å². The molecule has 4 nitrogen and oxygen atoms in total. The number of nitrogens with zero attached hydrogens (tertiary/aromatic N) is 2. The minimum Gasteiger partial charge on any atom is -0.437 e. The molecule has 82 valence electrons. The third-order valence-electron chi connectivity index (χ3n) is 1.80. The summed E-state index contributed by atoms with van der Waals surface area (Å²) in [4.78, 5) is 7.93. The van der Waals surface area contributed by atoms with Crippen molar-refractivity contribution in [2.24, 2.45) is 0 Å². The fraction of sp³-hybridized carbons (Fsp3) is 0. The molecule has 0 aliphatic carbocycles. The Morgan fingerprint density at radius 3 is 2.94 bits per heavy atom. The lowest BCUT2D eigenvalue weighted by atomic mass is 10.3. The summed E-state index contributed by atoms with van der Waals surface area (Å²) in [5.41, 5.74) is 6.32. The summed E-state index contributed by atoms with van der Waals surface area (Å²) in [5, 5.41) is 0. The molecular formula is C10H7BrIN3O. The first-order valence-electron chi connectivity index (χ1n) is 4.35. The van der Waals surface area contributed by atoms with E-state index < -0.39 is 0 Å². The van der Waals surface area contributed by atoms with Crippen molar-refractivity contribution in [3.8, 4) is 11.6 Å². The van der Waals surface area contributed by atoms with Crippen LogP contribution in [-0.2, 0) is 0 Å². The number of hydrogen-bond acceptors (Lipinski definition) is 4. The number of rotatable bonds is 2. The van der Waals surface area contributed by atoms with Gasteiger partial charge in [-0.1, -0.05) is 0 Å². The second-order valence-corrected chi connectivity index (χ2v) is 4.98. The number of aromatic nitrogens is 2. The largest absolute Gasteiger partial charge is 0.437 e. The Balaban J connectivity index is 2.34. The summed E-state index contributed by atoms with van der Waals surface area (Å²) >= 11 is 5.50. The average molecular weight is 392 g/mol. The van der Waals surface area contributed by atoms with E-state index in [9.17, 15) is 0 Å². The number of halogens is 2. The van der Waals surface area contributed by atoms with E-state index in [-0.39, 0.29) is 0 Å². The molecule has 2 aromatic rings. The van der Waals surface area contributed by atoms with Gasteiger partial charge < -0.3 is 10.5 Å². The Kier molecular flexibility index (Phi) is 3.59. The van der Waals surface area contributed by atoms with Crippen LogP contribution in [0.1, 0.15) is 0 Å². The summed E-state index contributed by atoms with van der Waals surface area (Å²) in [5.74, 6) is 1.15. The Hall–Kier alpha value is -0.890. The molecule has 0 fully saturated rings. The van der Waals surface area contributed by atoms with Gasteiger partial charge in [-0.15, -0.1) is 0 Å². The lowest BCUT2D eigenvalue weighted by molar-refractivity contribution is 0.455. The zero-order valence-corrected chi connectivity index (χ0v) is 11.8. The van der Waals surface area contributed by atoms with Gasteiger partial charge in [0, 0.05) is 18.0 Å². The molecule has 0 spiro atoms. The molecule has 0 aliphatic heterocycles. The van der Waals surface area contributed by atoms with E-state index in [1.807, 2.05) is 6.07 Å². The van der Waals surface area contributed by atoms with Gasteiger partial charge in [-0.3, -0.25) is 0 Å². The van der Waals surface area contributed by atoms with Crippen molar-refractivity contribution < 1.29 is 4.74 Å². The Bertz CT molecular complexity index is 521.